The highest BCUT2D eigenvalue weighted by molar-refractivity contribution is 5.74. The zero-order valence-electron chi connectivity index (χ0n) is 12.6. The van der Waals surface area contributed by atoms with Gasteiger partial charge in [0.25, 0.3) is 0 Å². The van der Waals surface area contributed by atoms with E-state index in [0.717, 1.165) is 39.1 Å². The molecule has 5 nitrogen and oxygen atoms in total. The standard InChI is InChI=1S/C15H28N2O3/c1-2-20-14(18)13(12-16)15(6-4-3-5-7-15)17-8-10-19-11-9-17/h13H,2-12,16H2,1H3/t13-/m0/s1. The van der Waals surface area contributed by atoms with E-state index in [9.17, 15) is 4.79 Å². The fraction of sp³-hybridized carbons (Fsp3) is 0.933. The number of rotatable bonds is 5. The average molecular weight is 284 g/mol. The van der Waals surface area contributed by atoms with Gasteiger partial charge >= 0.3 is 5.97 Å². The van der Waals surface area contributed by atoms with Crippen molar-refractivity contribution in [3.63, 3.8) is 0 Å². The van der Waals surface area contributed by atoms with Crippen molar-refractivity contribution in [1.29, 1.82) is 0 Å². The first kappa shape index (κ1) is 15.7. The maximum atomic E-state index is 12.4. The molecular weight excluding hydrogens is 256 g/mol. The molecule has 1 aliphatic carbocycles. The normalized spacial score (nSPS) is 25.1. The lowest BCUT2D eigenvalue weighted by Crippen LogP contribution is -2.62. The highest BCUT2D eigenvalue weighted by Crippen LogP contribution is 2.40. The van der Waals surface area contributed by atoms with Crippen molar-refractivity contribution in [2.24, 2.45) is 11.7 Å². The van der Waals surface area contributed by atoms with E-state index < -0.39 is 0 Å². The van der Waals surface area contributed by atoms with Gasteiger partial charge < -0.3 is 15.2 Å². The third-order valence-corrected chi connectivity index (χ3v) is 4.82. The number of carbonyl (C=O) groups excluding carboxylic acids is 1. The maximum absolute atomic E-state index is 12.4. The van der Waals surface area contributed by atoms with Gasteiger partial charge in [-0.1, -0.05) is 19.3 Å². The van der Waals surface area contributed by atoms with Crippen molar-refractivity contribution in [3.8, 4) is 0 Å². The Kier molecular flexibility index (Phi) is 5.81. The van der Waals surface area contributed by atoms with Crippen molar-refractivity contribution >= 4 is 5.97 Å². The van der Waals surface area contributed by atoms with E-state index in [2.05, 4.69) is 4.90 Å². The van der Waals surface area contributed by atoms with Gasteiger partial charge in [-0.3, -0.25) is 9.69 Å². The number of hydrogen-bond donors (Lipinski definition) is 1. The molecule has 2 rings (SSSR count). The molecule has 20 heavy (non-hydrogen) atoms. The molecule has 2 aliphatic rings. The summed E-state index contributed by atoms with van der Waals surface area (Å²) in [5, 5.41) is 0. The fourth-order valence-electron chi connectivity index (χ4n) is 3.84. The predicted octanol–water partition coefficient (Wildman–Crippen LogP) is 1.16. The van der Waals surface area contributed by atoms with Crippen molar-refractivity contribution in [2.45, 2.75) is 44.6 Å². The van der Waals surface area contributed by atoms with Crippen molar-refractivity contribution < 1.29 is 14.3 Å². The lowest BCUT2D eigenvalue weighted by molar-refractivity contribution is -0.158. The summed E-state index contributed by atoms with van der Waals surface area (Å²) in [6.07, 6.45) is 5.70. The first-order chi connectivity index (χ1) is 9.74. The van der Waals surface area contributed by atoms with E-state index in [1.54, 1.807) is 0 Å². The molecule has 1 atom stereocenters. The molecule has 0 amide bonds. The summed E-state index contributed by atoms with van der Waals surface area (Å²) in [6, 6.07) is 0. The van der Waals surface area contributed by atoms with Crippen molar-refractivity contribution in [3.05, 3.63) is 0 Å². The molecule has 0 aromatic carbocycles. The number of nitrogens with zero attached hydrogens (tertiary/aromatic N) is 1. The number of morpholine rings is 1. The molecule has 2 N–H and O–H groups in total. The molecule has 2 fully saturated rings. The highest BCUT2D eigenvalue weighted by Gasteiger charge is 2.48. The van der Waals surface area contributed by atoms with Crippen LogP contribution in [-0.2, 0) is 14.3 Å². The molecule has 0 aromatic heterocycles. The van der Waals surface area contributed by atoms with Crippen LogP contribution in [0.3, 0.4) is 0 Å². The van der Waals surface area contributed by atoms with Gasteiger partial charge in [0.2, 0.25) is 0 Å². The number of esters is 1. The van der Waals surface area contributed by atoms with Crippen LogP contribution in [0, 0.1) is 5.92 Å². The Labute approximate surface area is 121 Å². The van der Waals surface area contributed by atoms with E-state index in [1.807, 2.05) is 6.92 Å². The van der Waals surface area contributed by atoms with Crippen LogP contribution in [0.2, 0.25) is 0 Å². The Balaban J connectivity index is 2.21. The van der Waals surface area contributed by atoms with Crippen LogP contribution in [0.1, 0.15) is 39.0 Å². The summed E-state index contributed by atoms with van der Waals surface area (Å²) in [5.41, 5.74) is 5.86. The van der Waals surface area contributed by atoms with E-state index in [0.29, 0.717) is 13.2 Å². The number of nitrogens with two attached hydrogens (primary N) is 1. The summed E-state index contributed by atoms with van der Waals surface area (Å²) in [5.74, 6) is -0.329. The maximum Gasteiger partial charge on any atom is 0.312 e. The van der Waals surface area contributed by atoms with E-state index in [4.69, 9.17) is 15.2 Å². The lowest BCUT2D eigenvalue weighted by atomic mass is 9.71. The Hall–Kier alpha value is -0.650. The third-order valence-electron chi connectivity index (χ3n) is 4.82. The quantitative estimate of drug-likeness (QED) is 0.768. The highest BCUT2D eigenvalue weighted by atomic mass is 16.5. The molecule has 0 radical (unpaired) electrons. The van der Waals surface area contributed by atoms with E-state index in [-0.39, 0.29) is 17.4 Å². The molecule has 1 saturated heterocycles. The minimum atomic E-state index is -0.208. The number of hydrogen-bond acceptors (Lipinski definition) is 5. The van der Waals surface area contributed by atoms with Crippen LogP contribution in [0.5, 0.6) is 0 Å². The Morgan fingerprint density at radius 2 is 1.95 bits per heavy atom. The fourth-order valence-corrected chi connectivity index (χ4v) is 3.84. The summed E-state index contributed by atoms with van der Waals surface area (Å²) < 4.78 is 10.8. The van der Waals surface area contributed by atoms with Gasteiger partial charge in [0.15, 0.2) is 0 Å². The van der Waals surface area contributed by atoms with Gasteiger partial charge in [0, 0.05) is 25.2 Å². The molecule has 5 heteroatoms. The number of carbonyl (C=O) groups is 1. The zero-order chi connectivity index (χ0) is 14.4. The van der Waals surface area contributed by atoms with E-state index in [1.165, 1.54) is 19.3 Å². The topological polar surface area (TPSA) is 64.8 Å². The molecular formula is C15H28N2O3. The minimum absolute atomic E-state index is 0.108. The van der Waals surface area contributed by atoms with Crippen LogP contribution in [0.15, 0.2) is 0 Å². The van der Waals surface area contributed by atoms with Crippen LogP contribution in [0.25, 0.3) is 0 Å². The molecule has 0 spiro atoms. The van der Waals surface area contributed by atoms with Crippen molar-refractivity contribution in [2.75, 3.05) is 39.5 Å². The second-order valence-corrected chi connectivity index (χ2v) is 5.80. The summed E-state index contributed by atoms with van der Waals surface area (Å²) in [6.45, 7) is 5.95. The molecule has 1 saturated carbocycles. The third kappa shape index (κ3) is 3.15. The van der Waals surface area contributed by atoms with Crippen LogP contribution >= 0.6 is 0 Å². The van der Waals surface area contributed by atoms with Gasteiger partial charge in [-0.05, 0) is 19.8 Å². The first-order valence-electron chi connectivity index (χ1n) is 7.94. The summed E-state index contributed by atoms with van der Waals surface area (Å²) in [7, 11) is 0. The second kappa shape index (κ2) is 7.38. The summed E-state index contributed by atoms with van der Waals surface area (Å²) in [4.78, 5) is 14.8. The molecule has 116 valence electrons. The SMILES string of the molecule is CCOC(=O)[C@H](CN)C1(N2CCOCC2)CCCCC1. The zero-order valence-corrected chi connectivity index (χ0v) is 12.6. The largest absolute Gasteiger partial charge is 0.466 e. The Bertz CT molecular complexity index is 310. The molecule has 0 aromatic rings. The Morgan fingerprint density at radius 1 is 1.30 bits per heavy atom. The number of ether oxygens (including phenoxy) is 2. The molecule has 0 bridgehead atoms. The lowest BCUT2D eigenvalue weighted by Gasteiger charge is -2.51. The minimum Gasteiger partial charge on any atom is -0.466 e. The van der Waals surface area contributed by atoms with Gasteiger partial charge in [0.1, 0.15) is 0 Å². The van der Waals surface area contributed by atoms with Crippen molar-refractivity contribution in [1.82, 2.24) is 4.90 Å². The monoisotopic (exact) mass is 284 g/mol. The molecule has 0 unspecified atom stereocenters. The van der Waals surface area contributed by atoms with Gasteiger partial charge in [-0.15, -0.1) is 0 Å². The Morgan fingerprint density at radius 3 is 2.50 bits per heavy atom. The summed E-state index contributed by atoms with van der Waals surface area (Å²) >= 11 is 0. The van der Waals surface area contributed by atoms with Crippen LogP contribution < -0.4 is 5.73 Å². The first-order valence-corrected chi connectivity index (χ1v) is 7.94. The second-order valence-electron chi connectivity index (χ2n) is 5.80. The average Bonchev–Trinajstić information content (AvgIpc) is 2.50. The molecule has 1 heterocycles. The van der Waals surface area contributed by atoms with E-state index >= 15 is 0 Å². The smallest absolute Gasteiger partial charge is 0.312 e. The van der Waals surface area contributed by atoms with Gasteiger partial charge in [0.05, 0.1) is 25.7 Å². The van der Waals surface area contributed by atoms with Crippen LogP contribution in [-0.4, -0.2) is 55.9 Å². The predicted molar refractivity (Wildman–Crippen MR) is 77.4 cm³/mol. The van der Waals surface area contributed by atoms with Gasteiger partial charge in [-0.25, -0.2) is 0 Å². The van der Waals surface area contributed by atoms with Crippen LogP contribution in [0.4, 0.5) is 0 Å². The van der Waals surface area contributed by atoms with Gasteiger partial charge in [-0.2, -0.15) is 0 Å². The molecule has 1 aliphatic heterocycles.